The van der Waals surface area contributed by atoms with E-state index in [1.807, 2.05) is 0 Å². The maximum Gasteiger partial charge on any atom is 0.00666 e. The van der Waals surface area contributed by atoms with Crippen LogP contribution in [0, 0.1) is 0 Å². The van der Waals surface area contributed by atoms with E-state index in [9.17, 15) is 0 Å². The molecule has 0 aliphatic carbocycles. The van der Waals surface area contributed by atoms with Gasteiger partial charge in [0.05, 0.1) is 0 Å². The van der Waals surface area contributed by atoms with Crippen LogP contribution in [0.25, 0.3) is 0 Å². The topological polar surface area (TPSA) is 6.48 Å². The Morgan fingerprint density at radius 2 is 0.889 bits per heavy atom. The van der Waals surface area contributed by atoms with Crippen molar-refractivity contribution in [3.63, 3.8) is 0 Å². The molecule has 2 nitrogen and oxygen atoms in total. The highest BCUT2D eigenvalue weighted by molar-refractivity contribution is 4.67. The molecule has 0 spiro atoms. The number of unbranched alkanes of at least 4 members (excludes halogenated alkanes) is 1. The first-order chi connectivity index (χ1) is 8.60. The normalized spacial score (nSPS) is 15.3. The highest BCUT2D eigenvalue weighted by Gasteiger charge is 2.11. The van der Waals surface area contributed by atoms with Crippen LogP contribution in [0.2, 0.25) is 0 Å². The van der Waals surface area contributed by atoms with Gasteiger partial charge in [-0.25, -0.2) is 0 Å². The van der Waals surface area contributed by atoms with Gasteiger partial charge >= 0.3 is 0 Å². The first-order valence-electron chi connectivity index (χ1n) is 8.08. The van der Waals surface area contributed by atoms with Crippen molar-refractivity contribution < 1.29 is 0 Å². The van der Waals surface area contributed by atoms with Crippen LogP contribution < -0.4 is 0 Å². The van der Waals surface area contributed by atoms with Gasteiger partial charge in [0.1, 0.15) is 0 Å². The lowest BCUT2D eigenvalue weighted by atomic mass is 10.0. The van der Waals surface area contributed by atoms with Crippen LogP contribution in [-0.4, -0.2) is 48.1 Å². The summed E-state index contributed by atoms with van der Waals surface area (Å²) in [6, 6.07) is 1.51. The Morgan fingerprint density at radius 1 is 0.611 bits per heavy atom. The van der Waals surface area contributed by atoms with Gasteiger partial charge in [0, 0.05) is 12.1 Å². The summed E-state index contributed by atoms with van der Waals surface area (Å²) in [6.07, 6.45) is 5.46. The van der Waals surface area contributed by atoms with Gasteiger partial charge in [0.2, 0.25) is 0 Å². The molecule has 0 aromatic carbocycles. The number of hydrogen-bond acceptors (Lipinski definition) is 2. The van der Waals surface area contributed by atoms with Gasteiger partial charge < -0.3 is 9.80 Å². The molecule has 2 heteroatoms. The van der Waals surface area contributed by atoms with Crippen molar-refractivity contribution in [3.05, 3.63) is 0 Å². The van der Waals surface area contributed by atoms with E-state index in [1.165, 1.54) is 51.9 Å². The van der Waals surface area contributed by atoms with E-state index < -0.39 is 0 Å². The summed E-state index contributed by atoms with van der Waals surface area (Å²) in [5.41, 5.74) is 0. The van der Waals surface area contributed by atoms with Gasteiger partial charge in [0.25, 0.3) is 0 Å². The Bertz CT molecular complexity index is 154. The Kier molecular flexibility index (Phi) is 10.8. The van der Waals surface area contributed by atoms with E-state index >= 15 is 0 Å². The van der Waals surface area contributed by atoms with Gasteiger partial charge in [0.15, 0.2) is 0 Å². The molecule has 110 valence electrons. The second-order valence-electron chi connectivity index (χ2n) is 5.42. The molecule has 0 saturated carbocycles. The van der Waals surface area contributed by atoms with E-state index in [0.29, 0.717) is 0 Å². The Labute approximate surface area is 116 Å². The predicted molar refractivity (Wildman–Crippen MR) is 83.2 cm³/mol. The lowest BCUT2D eigenvalue weighted by molar-refractivity contribution is 0.202. The fraction of sp³-hybridized carbons (Fsp3) is 1.00. The molecular weight excluding hydrogens is 220 g/mol. The first kappa shape index (κ1) is 17.9. The van der Waals surface area contributed by atoms with Gasteiger partial charge in [-0.15, -0.1) is 0 Å². The summed E-state index contributed by atoms with van der Waals surface area (Å²) in [4.78, 5) is 5.13. The van der Waals surface area contributed by atoms with E-state index in [4.69, 9.17) is 0 Å². The molecule has 0 saturated heterocycles. The molecule has 0 bridgehead atoms. The van der Waals surface area contributed by atoms with Crippen LogP contribution in [0.3, 0.4) is 0 Å². The van der Waals surface area contributed by atoms with E-state index in [-0.39, 0.29) is 0 Å². The third kappa shape index (κ3) is 6.75. The lowest BCUT2D eigenvalue weighted by Gasteiger charge is -2.28. The molecule has 0 aromatic rings. The zero-order chi connectivity index (χ0) is 14.0. The largest absolute Gasteiger partial charge is 0.301 e. The van der Waals surface area contributed by atoms with E-state index in [2.05, 4.69) is 51.3 Å². The molecule has 0 aliphatic rings. The molecule has 0 N–H and O–H groups in total. The van der Waals surface area contributed by atoms with Crippen molar-refractivity contribution in [2.75, 3.05) is 26.2 Å². The molecule has 0 fully saturated rings. The van der Waals surface area contributed by atoms with Gasteiger partial charge in [-0.05, 0) is 52.9 Å². The van der Waals surface area contributed by atoms with Crippen LogP contribution >= 0.6 is 0 Å². The molecule has 0 amide bonds. The highest BCUT2D eigenvalue weighted by atomic mass is 15.1. The van der Waals surface area contributed by atoms with E-state index in [0.717, 1.165) is 12.1 Å². The molecule has 0 rings (SSSR count). The summed E-state index contributed by atoms with van der Waals surface area (Å²) in [7, 11) is 0. The number of rotatable bonds is 11. The van der Waals surface area contributed by atoms with Crippen molar-refractivity contribution in [1.29, 1.82) is 0 Å². The monoisotopic (exact) mass is 256 g/mol. The zero-order valence-corrected chi connectivity index (χ0v) is 13.7. The van der Waals surface area contributed by atoms with Crippen molar-refractivity contribution >= 4 is 0 Å². The van der Waals surface area contributed by atoms with Crippen LogP contribution in [0.5, 0.6) is 0 Å². The molecule has 0 aliphatic heterocycles. The van der Waals surface area contributed by atoms with Gasteiger partial charge in [-0.2, -0.15) is 0 Å². The minimum Gasteiger partial charge on any atom is -0.301 e. The first-order valence-corrected chi connectivity index (χ1v) is 8.08. The third-order valence-corrected chi connectivity index (χ3v) is 4.37. The zero-order valence-electron chi connectivity index (χ0n) is 13.7. The highest BCUT2D eigenvalue weighted by Crippen LogP contribution is 2.13. The summed E-state index contributed by atoms with van der Waals surface area (Å²) in [5, 5.41) is 0. The van der Waals surface area contributed by atoms with Crippen molar-refractivity contribution in [2.45, 2.75) is 79.3 Å². The summed E-state index contributed by atoms with van der Waals surface area (Å²) < 4.78 is 0. The van der Waals surface area contributed by atoms with Crippen LogP contribution in [0.4, 0.5) is 0 Å². The Hall–Kier alpha value is -0.0800. The quantitative estimate of drug-likeness (QED) is 0.515. The molecule has 2 unspecified atom stereocenters. The Balaban J connectivity index is 3.72. The molecular formula is C16H36N2. The second-order valence-corrected chi connectivity index (χ2v) is 5.42. The van der Waals surface area contributed by atoms with Crippen LogP contribution in [0.1, 0.15) is 67.2 Å². The Morgan fingerprint density at radius 3 is 1.11 bits per heavy atom. The molecule has 0 heterocycles. The number of hydrogen-bond donors (Lipinski definition) is 0. The third-order valence-electron chi connectivity index (χ3n) is 4.37. The summed E-state index contributed by atoms with van der Waals surface area (Å²) in [5.74, 6) is 0. The maximum absolute atomic E-state index is 2.56. The predicted octanol–water partition coefficient (Wildman–Crippen LogP) is 4.01. The summed E-state index contributed by atoms with van der Waals surface area (Å²) in [6.45, 7) is 18.6. The SMILES string of the molecule is CCN(CC)C(C)CCCCC(C)N(CC)CC. The fourth-order valence-electron chi connectivity index (χ4n) is 2.94. The summed E-state index contributed by atoms with van der Waals surface area (Å²) >= 11 is 0. The second kappa shape index (κ2) is 10.8. The van der Waals surface area contributed by atoms with Crippen molar-refractivity contribution in [2.24, 2.45) is 0 Å². The molecule has 18 heavy (non-hydrogen) atoms. The molecule has 2 atom stereocenters. The van der Waals surface area contributed by atoms with Crippen LogP contribution in [0.15, 0.2) is 0 Å². The average molecular weight is 256 g/mol. The standard InChI is InChI=1S/C16H36N2/c1-7-17(8-2)15(5)13-11-12-14-16(6)18(9-3)10-4/h15-16H,7-14H2,1-6H3. The van der Waals surface area contributed by atoms with Crippen LogP contribution in [-0.2, 0) is 0 Å². The average Bonchev–Trinajstić information content (AvgIpc) is 2.37. The lowest BCUT2D eigenvalue weighted by Crippen LogP contribution is -2.33. The number of nitrogens with zero attached hydrogens (tertiary/aromatic N) is 2. The maximum atomic E-state index is 2.56. The van der Waals surface area contributed by atoms with Gasteiger partial charge in [-0.3, -0.25) is 0 Å². The van der Waals surface area contributed by atoms with E-state index in [1.54, 1.807) is 0 Å². The fourth-order valence-corrected chi connectivity index (χ4v) is 2.94. The minimum atomic E-state index is 0.753. The minimum absolute atomic E-state index is 0.753. The molecule has 0 radical (unpaired) electrons. The van der Waals surface area contributed by atoms with Gasteiger partial charge in [-0.1, -0.05) is 40.5 Å². The van der Waals surface area contributed by atoms with Crippen molar-refractivity contribution in [3.8, 4) is 0 Å². The van der Waals surface area contributed by atoms with Crippen molar-refractivity contribution in [1.82, 2.24) is 9.80 Å². The molecule has 0 aromatic heterocycles. The smallest absolute Gasteiger partial charge is 0.00666 e.